The highest BCUT2D eigenvalue weighted by molar-refractivity contribution is 7.85. The molecule has 0 spiro atoms. The number of nitrogens with zero attached hydrogens (tertiary/aromatic N) is 1. The van der Waals surface area contributed by atoms with Crippen molar-refractivity contribution in [2.75, 3.05) is 5.88 Å². The molecule has 1 saturated heterocycles. The number of carbonyl (C=O) groups excluding carboxylic acids is 3. The van der Waals surface area contributed by atoms with Gasteiger partial charge in [-0.1, -0.05) is 30.3 Å². The minimum absolute atomic E-state index is 0.0285. The van der Waals surface area contributed by atoms with Gasteiger partial charge in [-0.3, -0.25) is 19.5 Å². The second kappa shape index (κ2) is 5.62. The van der Waals surface area contributed by atoms with Crippen molar-refractivity contribution in [2.45, 2.75) is 6.42 Å². The van der Waals surface area contributed by atoms with Crippen LogP contribution in [0.3, 0.4) is 0 Å². The zero-order valence-corrected chi connectivity index (χ0v) is 11.5. The summed E-state index contributed by atoms with van der Waals surface area (Å²) in [5.74, 6) is -4.14. The number of imide groups is 2. The molecule has 1 aromatic carbocycles. The van der Waals surface area contributed by atoms with Gasteiger partial charge in [0.25, 0.3) is 10.1 Å². The number of amides is 4. The Labute approximate surface area is 120 Å². The summed E-state index contributed by atoms with van der Waals surface area (Å²) in [5.41, 5.74) is 0.687. The lowest BCUT2D eigenvalue weighted by atomic mass is 9.96. The Bertz CT molecular complexity index is 685. The fourth-order valence-electron chi connectivity index (χ4n) is 1.98. The van der Waals surface area contributed by atoms with E-state index in [1.54, 1.807) is 30.3 Å². The number of barbiturate groups is 1. The van der Waals surface area contributed by atoms with Crippen molar-refractivity contribution in [2.24, 2.45) is 5.92 Å². The minimum atomic E-state index is -4.57. The van der Waals surface area contributed by atoms with Gasteiger partial charge in [-0.2, -0.15) is 8.42 Å². The molecule has 4 amide bonds. The highest BCUT2D eigenvalue weighted by Gasteiger charge is 2.41. The Balaban J connectivity index is 2.23. The summed E-state index contributed by atoms with van der Waals surface area (Å²) < 4.78 is 30.4. The molecule has 1 aromatic rings. The fraction of sp³-hybridized carbons (Fsp3) is 0.250. The summed E-state index contributed by atoms with van der Waals surface area (Å²) in [5, 5.41) is 1.90. The van der Waals surface area contributed by atoms with Crippen LogP contribution in [0.2, 0.25) is 0 Å². The van der Waals surface area contributed by atoms with Crippen LogP contribution in [0.4, 0.5) is 4.79 Å². The van der Waals surface area contributed by atoms with E-state index in [1.165, 1.54) is 0 Å². The Kier molecular flexibility index (Phi) is 4.05. The maximum Gasteiger partial charge on any atom is 0.331 e. The van der Waals surface area contributed by atoms with Crippen molar-refractivity contribution in [3.05, 3.63) is 35.9 Å². The summed E-state index contributed by atoms with van der Waals surface area (Å²) in [7, 11) is -4.57. The van der Waals surface area contributed by atoms with E-state index in [-0.39, 0.29) is 6.42 Å². The first-order valence-electron chi connectivity index (χ1n) is 5.93. The highest BCUT2D eigenvalue weighted by Crippen LogP contribution is 2.16. The number of urea groups is 1. The Morgan fingerprint density at radius 1 is 1.14 bits per heavy atom. The molecule has 0 bridgehead atoms. The average Bonchev–Trinajstić information content (AvgIpc) is 2.40. The second-order valence-electron chi connectivity index (χ2n) is 4.51. The molecule has 0 aliphatic carbocycles. The van der Waals surface area contributed by atoms with Gasteiger partial charge < -0.3 is 0 Å². The van der Waals surface area contributed by atoms with Crippen molar-refractivity contribution in [3.8, 4) is 0 Å². The van der Waals surface area contributed by atoms with E-state index in [2.05, 4.69) is 0 Å². The van der Waals surface area contributed by atoms with Crippen LogP contribution in [0, 0.1) is 5.92 Å². The number of carbonyl (C=O) groups is 3. The van der Waals surface area contributed by atoms with E-state index in [9.17, 15) is 22.8 Å². The Morgan fingerprint density at radius 3 is 2.33 bits per heavy atom. The molecule has 2 N–H and O–H groups in total. The van der Waals surface area contributed by atoms with Gasteiger partial charge in [-0.15, -0.1) is 0 Å². The molecule has 0 radical (unpaired) electrons. The van der Waals surface area contributed by atoms with Gasteiger partial charge in [-0.05, 0) is 12.0 Å². The molecule has 0 saturated carbocycles. The van der Waals surface area contributed by atoms with Crippen LogP contribution in [0.5, 0.6) is 0 Å². The van der Waals surface area contributed by atoms with E-state index in [0.29, 0.717) is 10.5 Å². The van der Waals surface area contributed by atoms with Crippen LogP contribution in [-0.4, -0.2) is 41.6 Å². The van der Waals surface area contributed by atoms with Gasteiger partial charge >= 0.3 is 6.03 Å². The molecule has 1 atom stereocenters. The maximum absolute atomic E-state index is 12.1. The molecule has 112 valence electrons. The number of hydrogen-bond acceptors (Lipinski definition) is 5. The number of hydrogen-bond donors (Lipinski definition) is 2. The molecule has 1 aliphatic heterocycles. The number of nitrogens with one attached hydrogen (secondary N) is 1. The lowest BCUT2D eigenvalue weighted by molar-refractivity contribution is -0.142. The Hall–Kier alpha value is -2.26. The SMILES string of the molecule is O=C1NC(=O)N(CS(=O)(=O)O)C(=O)C1Cc1ccccc1. The largest absolute Gasteiger partial charge is 0.331 e. The van der Waals surface area contributed by atoms with Gasteiger partial charge in [0.05, 0.1) is 0 Å². The van der Waals surface area contributed by atoms with Gasteiger partial charge in [0, 0.05) is 0 Å². The van der Waals surface area contributed by atoms with E-state index >= 15 is 0 Å². The van der Waals surface area contributed by atoms with E-state index in [1.807, 2.05) is 5.32 Å². The highest BCUT2D eigenvalue weighted by atomic mass is 32.2. The quantitative estimate of drug-likeness (QED) is 0.585. The summed E-state index contributed by atoms with van der Waals surface area (Å²) in [4.78, 5) is 35.6. The Morgan fingerprint density at radius 2 is 1.76 bits per heavy atom. The fourth-order valence-corrected chi connectivity index (χ4v) is 2.55. The van der Waals surface area contributed by atoms with Crippen LogP contribution in [0.1, 0.15) is 5.56 Å². The first-order valence-corrected chi connectivity index (χ1v) is 7.54. The van der Waals surface area contributed by atoms with Gasteiger partial charge in [-0.25, -0.2) is 9.69 Å². The lowest BCUT2D eigenvalue weighted by Crippen LogP contribution is -2.59. The van der Waals surface area contributed by atoms with Crippen molar-refractivity contribution >= 4 is 28.0 Å². The molecule has 0 aromatic heterocycles. The van der Waals surface area contributed by atoms with Crippen molar-refractivity contribution in [1.29, 1.82) is 0 Å². The summed E-state index contributed by atoms with van der Waals surface area (Å²) in [6.45, 7) is 0. The van der Waals surface area contributed by atoms with E-state index < -0.39 is 39.8 Å². The van der Waals surface area contributed by atoms with Crippen molar-refractivity contribution in [3.63, 3.8) is 0 Å². The van der Waals surface area contributed by atoms with E-state index in [4.69, 9.17) is 4.55 Å². The predicted molar refractivity (Wildman–Crippen MR) is 70.4 cm³/mol. The van der Waals surface area contributed by atoms with Gasteiger partial charge in [0.1, 0.15) is 5.92 Å². The van der Waals surface area contributed by atoms with Crippen LogP contribution in [-0.2, 0) is 26.1 Å². The molecule has 1 unspecified atom stereocenters. The van der Waals surface area contributed by atoms with E-state index in [0.717, 1.165) is 0 Å². The summed E-state index contributed by atoms with van der Waals surface area (Å²) >= 11 is 0. The summed E-state index contributed by atoms with van der Waals surface area (Å²) in [6.07, 6.45) is 0.0285. The second-order valence-corrected chi connectivity index (χ2v) is 5.94. The first kappa shape index (κ1) is 15.1. The van der Waals surface area contributed by atoms with Crippen LogP contribution in [0.25, 0.3) is 0 Å². The predicted octanol–water partition coefficient (Wildman–Crippen LogP) is -0.231. The third-order valence-electron chi connectivity index (χ3n) is 2.93. The van der Waals surface area contributed by atoms with Crippen LogP contribution in [0.15, 0.2) is 30.3 Å². The minimum Gasteiger partial charge on any atom is -0.284 e. The average molecular weight is 312 g/mol. The van der Waals surface area contributed by atoms with Crippen LogP contribution < -0.4 is 5.32 Å². The standard InChI is InChI=1S/C12H12N2O6S/c15-10-9(6-8-4-2-1-3-5-8)11(16)14(12(17)13-10)7-21(18,19)20/h1-5,9H,6-7H2,(H,13,15,17)(H,18,19,20). The molecule has 1 fully saturated rings. The van der Waals surface area contributed by atoms with Gasteiger partial charge in [0.15, 0.2) is 5.88 Å². The van der Waals surface area contributed by atoms with Crippen LogP contribution >= 0.6 is 0 Å². The molecule has 1 aliphatic rings. The molecule has 9 heteroatoms. The number of rotatable bonds is 4. The molecule has 1 heterocycles. The zero-order valence-electron chi connectivity index (χ0n) is 10.7. The number of benzene rings is 1. The zero-order chi connectivity index (χ0) is 15.6. The third kappa shape index (κ3) is 3.64. The van der Waals surface area contributed by atoms with Crippen molar-refractivity contribution in [1.82, 2.24) is 10.2 Å². The summed E-state index contributed by atoms with van der Waals surface area (Å²) in [6, 6.07) is 7.45. The molecule has 8 nitrogen and oxygen atoms in total. The smallest absolute Gasteiger partial charge is 0.284 e. The monoisotopic (exact) mass is 312 g/mol. The van der Waals surface area contributed by atoms with Crippen molar-refractivity contribution < 1.29 is 27.4 Å². The maximum atomic E-state index is 12.1. The molecular formula is C12H12N2O6S. The third-order valence-corrected chi connectivity index (χ3v) is 3.52. The molecule has 2 rings (SSSR count). The first-order chi connectivity index (χ1) is 9.78. The normalized spacial score (nSPS) is 19.6. The lowest BCUT2D eigenvalue weighted by Gasteiger charge is -2.29. The molecule has 21 heavy (non-hydrogen) atoms. The topological polar surface area (TPSA) is 121 Å². The van der Waals surface area contributed by atoms with Gasteiger partial charge in [0.2, 0.25) is 11.8 Å². The molecular weight excluding hydrogens is 300 g/mol.